The van der Waals surface area contributed by atoms with Crippen LogP contribution in [0.3, 0.4) is 0 Å². The molecule has 0 unspecified atom stereocenters. The lowest BCUT2D eigenvalue weighted by Crippen LogP contribution is -2.29. The Labute approximate surface area is 170 Å². The largest absolute Gasteiger partial charge is 0.865 e. The van der Waals surface area contributed by atoms with Gasteiger partial charge >= 0.3 is 0 Å². The minimum absolute atomic E-state index is 0.143. The zero-order valence-electron chi connectivity index (χ0n) is 15.5. The number of rotatable bonds is 7. The molecule has 1 heterocycles. The van der Waals surface area contributed by atoms with Crippen LogP contribution in [0, 0.1) is 10.1 Å². The highest BCUT2D eigenvalue weighted by molar-refractivity contribution is 8.18. The zero-order valence-corrected chi connectivity index (χ0v) is 16.3. The van der Waals surface area contributed by atoms with Crippen molar-refractivity contribution >= 4 is 34.7 Å². The van der Waals surface area contributed by atoms with Gasteiger partial charge in [-0.15, -0.1) is 0 Å². The molecule has 1 saturated heterocycles. The van der Waals surface area contributed by atoms with Gasteiger partial charge < -0.3 is 9.84 Å². The Morgan fingerprint density at radius 1 is 1.21 bits per heavy atom. The summed E-state index contributed by atoms with van der Waals surface area (Å²) < 4.78 is 4.89. The second kappa shape index (κ2) is 8.78. The van der Waals surface area contributed by atoms with Crippen molar-refractivity contribution < 1.29 is 24.4 Å². The van der Waals surface area contributed by atoms with E-state index in [1.807, 2.05) is 30.3 Å². The summed E-state index contributed by atoms with van der Waals surface area (Å²) in [6, 6.07) is 12.1. The van der Waals surface area contributed by atoms with E-state index in [0.29, 0.717) is 6.42 Å². The van der Waals surface area contributed by atoms with Crippen molar-refractivity contribution in [2.45, 2.75) is 12.8 Å². The van der Waals surface area contributed by atoms with Gasteiger partial charge in [-0.25, -0.2) is 0 Å². The van der Waals surface area contributed by atoms with E-state index in [4.69, 9.17) is 4.74 Å². The van der Waals surface area contributed by atoms with Crippen LogP contribution in [0.15, 0.2) is 47.4 Å². The molecule has 0 bridgehead atoms. The minimum Gasteiger partial charge on any atom is -0.865 e. The number of ether oxygens (including phenoxy) is 1. The molecular formula is C20H17N2O6S-. The number of imide groups is 1. The van der Waals surface area contributed by atoms with Crippen LogP contribution in [-0.4, -0.2) is 34.6 Å². The summed E-state index contributed by atoms with van der Waals surface area (Å²) in [5.41, 5.74) is 0.702. The molecule has 1 aliphatic rings. The van der Waals surface area contributed by atoms with Crippen LogP contribution in [0.25, 0.3) is 6.08 Å². The third kappa shape index (κ3) is 4.57. The maximum atomic E-state index is 12.6. The molecule has 0 aromatic heterocycles. The highest BCUT2D eigenvalue weighted by Gasteiger charge is 2.34. The van der Waals surface area contributed by atoms with Gasteiger partial charge in [-0.3, -0.25) is 24.6 Å². The van der Waals surface area contributed by atoms with E-state index in [-0.39, 0.29) is 22.8 Å². The van der Waals surface area contributed by atoms with Gasteiger partial charge in [-0.1, -0.05) is 30.3 Å². The topological polar surface area (TPSA) is 113 Å². The highest BCUT2D eigenvalue weighted by Crippen LogP contribution is 2.37. The maximum absolute atomic E-state index is 12.6. The molecule has 0 N–H and O–H groups in total. The second-order valence-electron chi connectivity index (χ2n) is 6.25. The number of hydrogen-bond donors (Lipinski definition) is 0. The first-order valence-corrected chi connectivity index (χ1v) is 9.55. The van der Waals surface area contributed by atoms with Crippen molar-refractivity contribution in [2.24, 2.45) is 0 Å². The lowest BCUT2D eigenvalue weighted by atomic mass is 10.1. The molecule has 29 heavy (non-hydrogen) atoms. The van der Waals surface area contributed by atoms with E-state index in [2.05, 4.69) is 0 Å². The predicted molar refractivity (Wildman–Crippen MR) is 107 cm³/mol. The molecule has 0 aliphatic carbocycles. The van der Waals surface area contributed by atoms with Crippen LogP contribution in [0.2, 0.25) is 0 Å². The third-order valence-electron chi connectivity index (χ3n) is 4.34. The van der Waals surface area contributed by atoms with E-state index in [9.17, 15) is 24.8 Å². The lowest BCUT2D eigenvalue weighted by Gasteiger charge is -2.13. The molecule has 150 valence electrons. The van der Waals surface area contributed by atoms with E-state index in [1.165, 1.54) is 19.3 Å². The average Bonchev–Trinajstić information content (AvgIpc) is 2.97. The third-order valence-corrected chi connectivity index (χ3v) is 5.24. The van der Waals surface area contributed by atoms with Crippen molar-refractivity contribution in [1.29, 1.82) is 0 Å². The Morgan fingerprint density at radius 3 is 2.59 bits per heavy atom. The van der Waals surface area contributed by atoms with E-state index in [1.54, 1.807) is 0 Å². The zero-order chi connectivity index (χ0) is 21.0. The Morgan fingerprint density at radius 2 is 1.93 bits per heavy atom. The summed E-state index contributed by atoms with van der Waals surface area (Å²) in [6.45, 7) is 0.278. The average molecular weight is 413 g/mol. The van der Waals surface area contributed by atoms with Crippen molar-refractivity contribution in [1.82, 2.24) is 4.90 Å². The van der Waals surface area contributed by atoms with Crippen molar-refractivity contribution in [2.75, 3.05) is 13.7 Å². The van der Waals surface area contributed by atoms with E-state index >= 15 is 0 Å². The summed E-state index contributed by atoms with van der Waals surface area (Å²) in [6.07, 6.45) is 2.71. The van der Waals surface area contributed by atoms with E-state index < -0.39 is 27.5 Å². The fraction of sp³-hybridized carbons (Fsp3) is 0.200. The van der Waals surface area contributed by atoms with Crippen LogP contribution in [0.1, 0.15) is 17.5 Å². The lowest BCUT2D eigenvalue weighted by molar-refractivity contribution is -0.398. The van der Waals surface area contributed by atoms with Crippen molar-refractivity contribution in [3.63, 3.8) is 0 Å². The number of aryl methyl sites for hydroxylation is 1. The first-order valence-electron chi connectivity index (χ1n) is 8.73. The summed E-state index contributed by atoms with van der Waals surface area (Å²) in [5, 5.41) is 22.6. The number of hydrogen-bond acceptors (Lipinski definition) is 7. The summed E-state index contributed by atoms with van der Waals surface area (Å²) in [7, 11) is 1.23. The van der Waals surface area contributed by atoms with Crippen molar-refractivity contribution in [3.8, 4) is 11.5 Å². The van der Waals surface area contributed by atoms with Crippen LogP contribution < -0.4 is 9.84 Å². The highest BCUT2D eigenvalue weighted by atomic mass is 32.2. The van der Waals surface area contributed by atoms with Gasteiger partial charge in [0.2, 0.25) is 0 Å². The van der Waals surface area contributed by atoms with Crippen molar-refractivity contribution in [3.05, 3.63) is 68.6 Å². The Hall–Kier alpha value is -3.33. The number of thioether (sulfide) groups is 1. The molecule has 0 radical (unpaired) electrons. The molecule has 0 atom stereocenters. The number of nitrogens with zero attached hydrogens (tertiary/aromatic N) is 2. The quantitative estimate of drug-likeness (QED) is 0.388. The molecule has 9 heteroatoms. The molecule has 0 saturated carbocycles. The Bertz CT molecular complexity index is 990. The Kier molecular flexibility index (Phi) is 6.18. The fourth-order valence-corrected chi connectivity index (χ4v) is 3.77. The maximum Gasteiger partial charge on any atom is 0.293 e. The first kappa shape index (κ1) is 20.4. The van der Waals surface area contributed by atoms with Crippen LogP contribution in [-0.2, 0) is 11.2 Å². The standard InChI is InChI=1S/C20H18N2O6S/c1-28-16-11-14(10-15(18(16)23)22(26)27)12-17-19(24)21(20(25)29-17)9-5-8-13-6-3-2-4-7-13/h2-4,6-7,10-12,23H,5,8-9H2,1H3/p-1/b17-12-. The number of benzene rings is 2. The number of methoxy groups -OCH3 is 1. The molecule has 2 amide bonds. The summed E-state index contributed by atoms with van der Waals surface area (Å²) in [5.74, 6) is -1.50. The fourth-order valence-electron chi connectivity index (χ4n) is 2.91. The minimum atomic E-state index is -0.844. The Balaban J connectivity index is 1.76. The number of nitro benzene ring substituents is 1. The molecule has 3 rings (SSSR count). The summed E-state index contributed by atoms with van der Waals surface area (Å²) in [4.78, 5) is 36.4. The number of carbonyl (C=O) groups excluding carboxylic acids is 2. The van der Waals surface area contributed by atoms with Gasteiger partial charge in [-0.2, -0.15) is 0 Å². The van der Waals surface area contributed by atoms with Gasteiger partial charge in [0.15, 0.2) is 0 Å². The SMILES string of the molecule is COc1cc(/C=C2\SC(=O)N(CCCc3ccccc3)C2=O)cc([N+](=O)[O-])c1[O-]. The normalized spacial score (nSPS) is 15.2. The molecule has 1 aliphatic heterocycles. The van der Waals surface area contributed by atoms with Gasteiger partial charge in [0.1, 0.15) is 5.75 Å². The summed E-state index contributed by atoms with van der Waals surface area (Å²) >= 11 is 0.765. The molecular weight excluding hydrogens is 396 g/mol. The van der Waals surface area contributed by atoms with Gasteiger partial charge in [0.25, 0.3) is 16.8 Å². The number of nitro groups is 1. The number of carbonyl (C=O) groups is 2. The van der Waals surface area contributed by atoms with Gasteiger partial charge in [0, 0.05) is 18.4 Å². The predicted octanol–water partition coefficient (Wildman–Crippen LogP) is 3.35. The number of amides is 2. The second-order valence-corrected chi connectivity index (χ2v) is 7.24. The molecule has 2 aromatic carbocycles. The van der Waals surface area contributed by atoms with Crippen LogP contribution in [0.5, 0.6) is 11.5 Å². The van der Waals surface area contributed by atoms with Gasteiger partial charge in [0.05, 0.1) is 16.9 Å². The first-order chi connectivity index (χ1) is 13.9. The van der Waals surface area contributed by atoms with Crippen LogP contribution >= 0.6 is 11.8 Å². The van der Waals surface area contributed by atoms with Gasteiger partial charge in [-0.05, 0) is 47.9 Å². The molecule has 2 aromatic rings. The van der Waals surface area contributed by atoms with Crippen LogP contribution in [0.4, 0.5) is 10.5 Å². The molecule has 8 nitrogen and oxygen atoms in total. The molecule has 1 fully saturated rings. The monoisotopic (exact) mass is 413 g/mol. The molecule has 0 spiro atoms. The smallest absolute Gasteiger partial charge is 0.293 e. The van der Waals surface area contributed by atoms with E-state index in [0.717, 1.165) is 34.7 Å².